The molecule has 0 amide bonds. The molecule has 0 unspecified atom stereocenters. The molecule has 0 bridgehead atoms. The van der Waals surface area contributed by atoms with Crippen LogP contribution in [0.5, 0.6) is 0 Å². The fourth-order valence-electron chi connectivity index (χ4n) is 1.74. The van der Waals surface area contributed by atoms with E-state index < -0.39 is 10.0 Å². The van der Waals surface area contributed by atoms with Crippen LogP contribution in [0, 0.1) is 0 Å². The lowest BCUT2D eigenvalue weighted by molar-refractivity contribution is -0.683. The van der Waals surface area contributed by atoms with Gasteiger partial charge in [0.1, 0.15) is 0 Å². The predicted octanol–water partition coefficient (Wildman–Crippen LogP) is -1.77. The van der Waals surface area contributed by atoms with Crippen molar-refractivity contribution in [1.82, 2.24) is 0 Å². The second-order valence-electron chi connectivity index (χ2n) is 4.42. The van der Waals surface area contributed by atoms with Crippen molar-refractivity contribution in [1.29, 1.82) is 0 Å². The average molecular weight is 371 g/mol. The predicted molar refractivity (Wildman–Crippen MR) is 75.9 cm³/mol. The number of hydrogen-bond donors (Lipinski definition) is 1. The van der Waals surface area contributed by atoms with Gasteiger partial charge in [0.15, 0.2) is 12.4 Å². The Morgan fingerprint density at radius 3 is 2.19 bits per heavy atom. The standard InChI is InChI=1S/C14H14N2O3S.BrH/c1-20(18,19)15-13-7-5-12(6-8-13)14(17)11-16-9-3-2-4-10-16;/h2-10H,11H2,1H3;1H. The molecule has 0 fully saturated rings. The van der Waals surface area contributed by atoms with E-state index in [2.05, 4.69) is 4.72 Å². The van der Waals surface area contributed by atoms with Crippen LogP contribution < -0.4 is 26.3 Å². The Labute approximate surface area is 134 Å². The molecule has 1 aromatic carbocycles. The highest BCUT2D eigenvalue weighted by Gasteiger charge is 2.11. The van der Waals surface area contributed by atoms with Crippen LogP contribution in [0.15, 0.2) is 54.9 Å². The van der Waals surface area contributed by atoms with E-state index >= 15 is 0 Å². The number of nitrogens with zero attached hydrogens (tertiary/aromatic N) is 1. The summed E-state index contributed by atoms with van der Waals surface area (Å²) >= 11 is 0. The van der Waals surface area contributed by atoms with E-state index in [1.807, 2.05) is 30.6 Å². The number of benzene rings is 1. The zero-order chi connectivity index (χ0) is 14.6. The van der Waals surface area contributed by atoms with Gasteiger partial charge in [0.05, 0.1) is 6.26 Å². The van der Waals surface area contributed by atoms with Gasteiger partial charge in [-0.25, -0.2) is 8.42 Å². The van der Waals surface area contributed by atoms with E-state index in [1.165, 1.54) is 0 Å². The maximum Gasteiger partial charge on any atom is 0.229 e. The highest BCUT2D eigenvalue weighted by Crippen LogP contribution is 2.11. The summed E-state index contributed by atoms with van der Waals surface area (Å²) in [6.45, 7) is 0.250. The minimum Gasteiger partial charge on any atom is -1.00 e. The minimum absolute atomic E-state index is 0. The SMILES string of the molecule is CS(=O)(=O)Nc1ccc(C(=O)C[n+]2ccccc2)cc1.[Br-]. The van der Waals surface area contributed by atoms with Crippen LogP contribution in [0.3, 0.4) is 0 Å². The Balaban J connectivity index is 0.00000220. The highest BCUT2D eigenvalue weighted by molar-refractivity contribution is 7.92. The smallest absolute Gasteiger partial charge is 0.229 e. The first-order valence-corrected chi connectivity index (χ1v) is 7.88. The van der Waals surface area contributed by atoms with Gasteiger partial charge in [0.25, 0.3) is 0 Å². The quantitative estimate of drug-likeness (QED) is 0.500. The molecule has 0 atom stereocenters. The van der Waals surface area contributed by atoms with Gasteiger partial charge < -0.3 is 17.0 Å². The Morgan fingerprint density at radius 2 is 1.67 bits per heavy atom. The number of Topliss-reactive ketones (excluding diaryl/α,β-unsaturated/α-hetero) is 1. The number of carbonyl (C=O) groups excluding carboxylic acids is 1. The zero-order valence-corrected chi connectivity index (χ0v) is 13.8. The molecular weight excluding hydrogens is 356 g/mol. The van der Waals surface area contributed by atoms with Gasteiger partial charge in [0, 0.05) is 23.4 Å². The average Bonchev–Trinajstić information content (AvgIpc) is 2.39. The van der Waals surface area contributed by atoms with Crippen LogP contribution in [-0.4, -0.2) is 20.5 Å². The largest absolute Gasteiger partial charge is 1.00 e. The molecule has 112 valence electrons. The number of rotatable bonds is 5. The summed E-state index contributed by atoms with van der Waals surface area (Å²) in [5.74, 6) is -0.0351. The van der Waals surface area contributed by atoms with Gasteiger partial charge in [-0.3, -0.25) is 9.52 Å². The number of aromatic nitrogens is 1. The summed E-state index contributed by atoms with van der Waals surface area (Å²) < 4.78 is 26.3. The second-order valence-corrected chi connectivity index (χ2v) is 6.17. The van der Waals surface area contributed by atoms with E-state index in [1.54, 1.807) is 28.8 Å². The van der Waals surface area contributed by atoms with E-state index in [4.69, 9.17) is 0 Å². The van der Waals surface area contributed by atoms with Crippen LogP contribution in [0.2, 0.25) is 0 Å². The fraction of sp³-hybridized carbons (Fsp3) is 0.143. The molecule has 0 aliphatic carbocycles. The molecule has 0 aliphatic rings. The van der Waals surface area contributed by atoms with Gasteiger partial charge >= 0.3 is 0 Å². The van der Waals surface area contributed by atoms with E-state index in [0.717, 1.165) is 6.26 Å². The molecule has 1 heterocycles. The van der Waals surface area contributed by atoms with Crippen molar-refractivity contribution in [3.63, 3.8) is 0 Å². The monoisotopic (exact) mass is 370 g/mol. The van der Waals surface area contributed by atoms with Gasteiger partial charge in [-0.2, -0.15) is 4.57 Å². The second kappa shape index (κ2) is 7.33. The Kier molecular flexibility index (Phi) is 6.04. The number of hydrogen-bond acceptors (Lipinski definition) is 3. The van der Waals surface area contributed by atoms with Crippen LogP contribution in [0.1, 0.15) is 10.4 Å². The van der Waals surface area contributed by atoms with Gasteiger partial charge in [-0.15, -0.1) is 0 Å². The number of anilines is 1. The molecule has 5 nitrogen and oxygen atoms in total. The molecular formula is C14H15BrN2O3S. The third-order valence-corrected chi connectivity index (χ3v) is 3.22. The summed E-state index contributed by atoms with van der Waals surface area (Å²) in [6.07, 6.45) is 4.72. The first kappa shape index (κ1) is 17.3. The Bertz CT molecular complexity index is 701. The molecule has 0 aliphatic heterocycles. The molecule has 0 radical (unpaired) electrons. The van der Waals surface area contributed by atoms with Crippen molar-refractivity contribution in [2.75, 3.05) is 11.0 Å². The summed E-state index contributed by atoms with van der Waals surface area (Å²) in [6, 6.07) is 12.0. The van der Waals surface area contributed by atoms with E-state index in [0.29, 0.717) is 11.3 Å². The lowest BCUT2D eigenvalue weighted by atomic mass is 10.1. The van der Waals surface area contributed by atoms with Crippen molar-refractivity contribution in [3.05, 3.63) is 60.4 Å². The zero-order valence-electron chi connectivity index (χ0n) is 11.4. The molecule has 1 N–H and O–H groups in total. The first-order chi connectivity index (χ1) is 9.44. The first-order valence-electron chi connectivity index (χ1n) is 5.99. The fourth-order valence-corrected chi connectivity index (χ4v) is 2.30. The number of nitrogens with one attached hydrogen (secondary N) is 1. The number of ketones is 1. The number of carbonyl (C=O) groups is 1. The lowest BCUT2D eigenvalue weighted by Crippen LogP contribution is -3.00. The van der Waals surface area contributed by atoms with E-state index in [-0.39, 0.29) is 29.3 Å². The molecule has 7 heteroatoms. The van der Waals surface area contributed by atoms with Crippen molar-refractivity contribution in [2.24, 2.45) is 0 Å². The Hall–Kier alpha value is -1.73. The molecule has 2 rings (SSSR count). The summed E-state index contributed by atoms with van der Waals surface area (Å²) in [5.41, 5.74) is 0.983. The third kappa shape index (κ3) is 5.65. The topological polar surface area (TPSA) is 67.1 Å². The van der Waals surface area contributed by atoms with Crippen molar-refractivity contribution >= 4 is 21.5 Å². The normalized spacial score (nSPS) is 10.5. The molecule has 0 saturated heterocycles. The van der Waals surface area contributed by atoms with Crippen LogP contribution in [-0.2, 0) is 16.6 Å². The minimum atomic E-state index is -3.30. The maximum absolute atomic E-state index is 12.1. The van der Waals surface area contributed by atoms with Crippen LogP contribution >= 0.6 is 0 Å². The van der Waals surface area contributed by atoms with Crippen molar-refractivity contribution < 1.29 is 34.8 Å². The molecule has 2 aromatic rings. The van der Waals surface area contributed by atoms with Crippen molar-refractivity contribution in [3.8, 4) is 0 Å². The summed E-state index contributed by atoms with van der Waals surface area (Å²) in [7, 11) is -3.30. The van der Waals surface area contributed by atoms with Crippen LogP contribution in [0.25, 0.3) is 0 Å². The van der Waals surface area contributed by atoms with E-state index in [9.17, 15) is 13.2 Å². The molecule has 0 spiro atoms. The summed E-state index contributed by atoms with van der Waals surface area (Å²) in [5, 5.41) is 0. The lowest BCUT2D eigenvalue weighted by Gasteiger charge is -2.04. The number of sulfonamides is 1. The van der Waals surface area contributed by atoms with Gasteiger partial charge in [0.2, 0.25) is 22.4 Å². The van der Waals surface area contributed by atoms with Gasteiger partial charge in [-0.05, 0) is 24.3 Å². The van der Waals surface area contributed by atoms with Gasteiger partial charge in [-0.1, -0.05) is 6.07 Å². The molecule has 21 heavy (non-hydrogen) atoms. The highest BCUT2D eigenvalue weighted by atomic mass is 79.9. The summed E-state index contributed by atoms with van der Waals surface area (Å²) in [4.78, 5) is 12.1. The van der Waals surface area contributed by atoms with Crippen molar-refractivity contribution in [2.45, 2.75) is 6.54 Å². The molecule has 0 saturated carbocycles. The van der Waals surface area contributed by atoms with Crippen LogP contribution in [0.4, 0.5) is 5.69 Å². The number of halogens is 1. The molecule has 1 aromatic heterocycles. The third-order valence-electron chi connectivity index (χ3n) is 2.61. The maximum atomic E-state index is 12.1. The Morgan fingerprint density at radius 1 is 1.10 bits per heavy atom. The number of pyridine rings is 1.